The zero-order valence-corrected chi connectivity index (χ0v) is 19.8. The molecule has 0 aliphatic carbocycles. The van der Waals surface area contributed by atoms with Crippen molar-refractivity contribution in [2.24, 2.45) is 0 Å². The van der Waals surface area contributed by atoms with Gasteiger partial charge in [0.2, 0.25) is 11.8 Å². The summed E-state index contributed by atoms with van der Waals surface area (Å²) in [5, 5.41) is 3.00. The van der Waals surface area contributed by atoms with E-state index in [1.807, 2.05) is 14.1 Å². The van der Waals surface area contributed by atoms with Crippen molar-refractivity contribution >= 4 is 33.4 Å². The maximum Gasteiger partial charge on any atom is 0.264 e. The number of nitrogens with one attached hydrogen (secondary N) is 1. The van der Waals surface area contributed by atoms with Gasteiger partial charge in [0.1, 0.15) is 6.04 Å². The Morgan fingerprint density at radius 3 is 2.45 bits per heavy atom. The average Bonchev–Trinajstić information content (AvgIpc) is 2.71. The normalized spacial score (nSPS) is 20.3. The zero-order valence-electron chi connectivity index (χ0n) is 18.3. The lowest BCUT2D eigenvalue weighted by molar-refractivity contribution is -0.136. The van der Waals surface area contributed by atoms with Crippen LogP contribution in [0.4, 0.5) is 0 Å². The van der Waals surface area contributed by atoms with Gasteiger partial charge in [-0.1, -0.05) is 11.6 Å². The number of nitrogens with zero attached hydrogens (tertiary/aromatic N) is 3. The van der Waals surface area contributed by atoms with E-state index in [0.717, 1.165) is 17.1 Å². The first kappa shape index (κ1) is 23.6. The third-order valence-corrected chi connectivity index (χ3v) is 8.32. The number of sulfonamides is 1. The summed E-state index contributed by atoms with van der Waals surface area (Å²) in [6.45, 7) is 4.56. The van der Waals surface area contributed by atoms with Crippen LogP contribution in [0.15, 0.2) is 29.4 Å². The Labute approximate surface area is 188 Å². The Morgan fingerprint density at radius 2 is 1.84 bits per heavy atom. The lowest BCUT2D eigenvalue weighted by Crippen LogP contribution is -2.52. The Hall–Kier alpha value is -2.10. The number of likely N-dealkylation sites (tertiary alicyclic amines) is 1. The molecule has 2 aliphatic rings. The van der Waals surface area contributed by atoms with Crippen LogP contribution in [0.5, 0.6) is 0 Å². The lowest BCUT2D eigenvalue weighted by atomic mass is 10.0. The summed E-state index contributed by atoms with van der Waals surface area (Å²) in [4.78, 5) is 29.4. The van der Waals surface area contributed by atoms with Gasteiger partial charge in [0.15, 0.2) is 0 Å². The Balaban J connectivity index is 1.83. The van der Waals surface area contributed by atoms with E-state index in [9.17, 15) is 18.0 Å². The van der Waals surface area contributed by atoms with Crippen molar-refractivity contribution in [3.8, 4) is 0 Å². The first-order valence-electron chi connectivity index (χ1n) is 10.2. The molecule has 0 bridgehead atoms. The highest BCUT2D eigenvalue weighted by Crippen LogP contribution is 2.29. The molecule has 170 valence electrons. The predicted molar refractivity (Wildman–Crippen MR) is 119 cm³/mol. The molecule has 2 amide bonds. The average molecular weight is 469 g/mol. The third kappa shape index (κ3) is 4.88. The van der Waals surface area contributed by atoms with Gasteiger partial charge in [-0.3, -0.25) is 13.9 Å². The summed E-state index contributed by atoms with van der Waals surface area (Å²) in [6, 6.07) is 2.35. The smallest absolute Gasteiger partial charge is 0.264 e. The van der Waals surface area contributed by atoms with E-state index < -0.39 is 22.0 Å². The van der Waals surface area contributed by atoms with E-state index in [2.05, 4.69) is 10.2 Å². The maximum atomic E-state index is 13.4. The van der Waals surface area contributed by atoms with Gasteiger partial charge in [0, 0.05) is 36.6 Å². The molecule has 3 rings (SSSR count). The molecule has 10 heteroatoms. The summed E-state index contributed by atoms with van der Waals surface area (Å²) in [7, 11) is -0.0250. The minimum Gasteiger partial charge on any atom is -0.343 e. The largest absolute Gasteiger partial charge is 0.343 e. The molecule has 1 aromatic rings. The minimum atomic E-state index is -4.06. The van der Waals surface area contributed by atoms with Crippen LogP contribution < -0.4 is 5.32 Å². The summed E-state index contributed by atoms with van der Waals surface area (Å²) < 4.78 is 27.8. The Bertz CT molecular complexity index is 1000. The summed E-state index contributed by atoms with van der Waals surface area (Å²) in [6.07, 6.45) is 4.06. The van der Waals surface area contributed by atoms with Gasteiger partial charge >= 0.3 is 0 Å². The van der Waals surface area contributed by atoms with E-state index in [1.54, 1.807) is 24.8 Å². The zero-order chi connectivity index (χ0) is 22.9. The molecule has 1 aromatic carbocycles. The highest BCUT2D eigenvalue weighted by Gasteiger charge is 2.39. The second-order valence-corrected chi connectivity index (χ2v) is 10.5. The minimum absolute atomic E-state index is 0.0676. The molecular formula is C21H29ClN4O4S. The van der Waals surface area contributed by atoms with Gasteiger partial charge in [-0.15, -0.1) is 0 Å². The molecule has 0 radical (unpaired) electrons. The number of halogens is 1. The van der Waals surface area contributed by atoms with Gasteiger partial charge in [0.05, 0.1) is 11.3 Å². The molecule has 1 saturated heterocycles. The third-order valence-electron chi connectivity index (χ3n) is 5.98. The number of piperidine rings is 1. The van der Waals surface area contributed by atoms with E-state index in [1.165, 1.54) is 18.5 Å². The predicted octanol–water partition coefficient (Wildman–Crippen LogP) is 1.86. The van der Waals surface area contributed by atoms with Crippen molar-refractivity contribution in [2.45, 2.75) is 50.1 Å². The molecule has 8 nitrogen and oxygen atoms in total. The van der Waals surface area contributed by atoms with Crippen LogP contribution in [0.25, 0.3) is 0 Å². The highest BCUT2D eigenvalue weighted by atomic mass is 35.5. The van der Waals surface area contributed by atoms with Gasteiger partial charge in [-0.2, -0.15) is 0 Å². The number of hydrogen-bond acceptors (Lipinski definition) is 5. The van der Waals surface area contributed by atoms with Crippen molar-refractivity contribution < 1.29 is 18.0 Å². The quantitative estimate of drug-likeness (QED) is 0.712. The first-order valence-corrected chi connectivity index (χ1v) is 12.1. The van der Waals surface area contributed by atoms with Crippen LogP contribution in [0.3, 0.4) is 0 Å². The number of hydrogen-bond donors (Lipinski definition) is 1. The molecule has 1 fully saturated rings. The fourth-order valence-corrected chi connectivity index (χ4v) is 5.97. The van der Waals surface area contributed by atoms with E-state index in [0.29, 0.717) is 35.3 Å². The molecule has 0 aromatic heterocycles. The van der Waals surface area contributed by atoms with Gasteiger partial charge in [-0.05, 0) is 64.0 Å². The second kappa shape index (κ2) is 9.18. The van der Waals surface area contributed by atoms with Crippen LogP contribution in [0.2, 0.25) is 5.02 Å². The fourth-order valence-electron chi connectivity index (χ4n) is 4.01. The Kier molecular flexibility index (Phi) is 6.98. The molecule has 1 atom stereocenters. The van der Waals surface area contributed by atoms with Crippen molar-refractivity contribution in [3.63, 3.8) is 0 Å². The molecule has 0 unspecified atom stereocenters. The maximum absolute atomic E-state index is 13.4. The summed E-state index contributed by atoms with van der Waals surface area (Å²) in [5.41, 5.74) is 1.10. The highest BCUT2D eigenvalue weighted by molar-refractivity contribution is 7.89. The number of carbonyl (C=O) groups excluding carboxylic acids is 2. The molecule has 31 heavy (non-hydrogen) atoms. The van der Waals surface area contributed by atoms with Crippen molar-refractivity contribution in [3.05, 3.63) is 40.7 Å². The van der Waals surface area contributed by atoms with E-state index in [4.69, 9.17) is 11.6 Å². The summed E-state index contributed by atoms with van der Waals surface area (Å²) >= 11 is 6.12. The van der Waals surface area contributed by atoms with Crippen molar-refractivity contribution in [1.82, 2.24) is 19.4 Å². The molecule has 2 aliphatic heterocycles. The summed E-state index contributed by atoms with van der Waals surface area (Å²) in [5.74, 6) is -0.747. The second-order valence-electron chi connectivity index (χ2n) is 8.32. The molecule has 0 spiro atoms. The lowest BCUT2D eigenvalue weighted by Gasteiger charge is -2.37. The van der Waals surface area contributed by atoms with Gasteiger partial charge in [-0.25, -0.2) is 8.42 Å². The van der Waals surface area contributed by atoms with Crippen LogP contribution in [0.1, 0.15) is 30.4 Å². The Morgan fingerprint density at radius 1 is 1.19 bits per heavy atom. The topological polar surface area (TPSA) is 90.0 Å². The standard InChI is InChI=1S/C21H29ClN4O4S/c1-14-12-19(15(2)11-17(14)22)31(29,30)26-10-7-23-21(28)18(26)13-20(27)25-8-5-16(6-9-25)24(3)4/h7,10-12,16,18H,5-6,8-9,13H2,1-4H3,(H,23,28)/t18-/m1/s1. The van der Waals surface area contributed by atoms with E-state index >= 15 is 0 Å². The van der Waals surface area contributed by atoms with Gasteiger partial charge in [0.25, 0.3) is 10.0 Å². The molecule has 2 heterocycles. The van der Waals surface area contributed by atoms with E-state index in [-0.39, 0.29) is 17.2 Å². The number of carbonyl (C=O) groups is 2. The van der Waals surface area contributed by atoms with Gasteiger partial charge < -0.3 is 15.1 Å². The van der Waals surface area contributed by atoms with Crippen molar-refractivity contribution in [1.29, 1.82) is 0 Å². The van der Waals surface area contributed by atoms with Crippen molar-refractivity contribution in [2.75, 3.05) is 27.2 Å². The van der Waals surface area contributed by atoms with Crippen LogP contribution >= 0.6 is 11.6 Å². The number of amides is 2. The van der Waals surface area contributed by atoms with Crippen LogP contribution in [-0.4, -0.2) is 73.6 Å². The number of rotatable bonds is 5. The molecular weight excluding hydrogens is 440 g/mol. The molecule has 0 saturated carbocycles. The number of aryl methyl sites for hydroxylation is 2. The monoisotopic (exact) mass is 468 g/mol. The fraction of sp³-hybridized carbons (Fsp3) is 0.524. The SMILES string of the molecule is Cc1cc(S(=O)(=O)N2C=CNC(=O)[C@H]2CC(=O)N2CCC(N(C)C)CC2)c(C)cc1Cl. The molecule has 1 N–H and O–H groups in total. The van der Waals surface area contributed by atoms with Crippen LogP contribution in [-0.2, 0) is 19.6 Å². The van der Waals surface area contributed by atoms with Crippen LogP contribution in [0, 0.1) is 13.8 Å². The number of benzene rings is 1. The first-order chi connectivity index (χ1) is 14.5.